The first-order valence-electron chi connectivity index (χ1n) is 11.4. The van der Waals surface area contributed by atoms with Crippen LogP contribution in [0.25, 0.3) is 6.08 Å². The zero-order valence-corrected chi connectivity index (χ0v) is 19.5. The highest BCUT2D eigenvalue weighted by Gasteiger charge is 2.26. The minimum atomic E-state index is -4.16. The predicted molar refractivity (Wildman–Crippen MR) is 127 cm³/mol. The number of fused-ring (bicyclic) bond motifs is 1. The molecule has 1 aliphatic carbocycles. The van der Waals surface area contributed by atoms with Crippen LogP contribution in [-0.2, 0) is 22.9 Å². The van der Waals surface area contributed by atoms with E-state index in [2.05, 4.69) is 9.62 Å². The predicted octanol–water partition coefficient (Wildman–Crippen LogP) is 4.70. The summed E-state index contributed by atoms with van der Waals surface area (Å²) in [5.41, 5.74) is 1.89. The lowest BCUT2D eigenvalue weighted by atomic mass is 9.87. The SMILES string of the molecule is CC(/C=C\c1cc(F)ccc1S(=O)(=O)Nc1ccc2c(c1C(=O)O)CCCC2)N1CCCC1. The van der Waals surface area contributed by atoms with Gasteiger partial charge in [-0.25, -0.2) is 17.6 Å². The van der Waals surface area contributed by atoms with Crippen molar-refractivity contribution < 1.29 is 22.7 Å². The Morgan fingerprint density at radius 3 is 2.58 bits per heavy atom. The van der Waals surface area contributed by atoms with Gasteiger partial charge in [0.2, 0.25) is 0 Å². The molecule has 1 saturated heterocycles. The topological polar surface area (TPSA) is 86.7 Å². The van der Waals surface area contributed by atoms with Crippen LogP contribution in [0.1, 0.15) is 59.7 Å². The standard InChI is InChI=1S/C25H29FN2O4S/c1-17(28-14-4-5-15-28)8-9-19-16-20(26)11-13-23(19)33(31,32)27-22-12-10-18-6-2-3-7-21(18)24(22)25(29)30/h8-13,16-17,27H,2-7,14-15H2,1H3,(H,29,30)/b9-8-. The quantitative estimate of drug-likeness (QED) is 0.610. The highest BCUT2D eigenvalue weighted by Crippen LogP contribution is 2.32. The number of sulfonamides is 1. The number of carboxylic acid groups (broad SMARTS) is 1. The summed E-state index contributed by atoms with van der Waals surface area (Å²) < 4.78 is 43.1. The third kappa shape index (κ3) is 5.12. The maximum atomic E-state index is 14.0. The van der Waals surface area contributed by atoms with E-state index in [1.165, 1.54) is 18.2 Å². The third-order valence-corrected chi connectivity index (χ3v) is 7.96. The van der Waals surface area contributed by atoms with Crippen molar-refractivity contribution in [2.24, 2.45) is 0 Å². The van der Waals surface area contributed by atoms with Gasteiger partial charge in [0, 0.05) is 6.04 Å². The number of hydrogen-bond acceptors (Lipinski definition) is 4. The summed E-state index contributed by atoms with van der Waals surface area (Å²) >= 11 is 0. The number of anilines is 1. The summed E-state index contributed by atoms with van der Waals surface area (Å²) in [6.45, 7) is 4.00. The molecule has 2 aromatic carbocycles. The van der Waals surface area contributed by atoms with Crippen molar-refractivity contribution in [2.45, 2.75) is 56.4 Å². The molecule has 33 heavy (non-hydrogen) atoms. The Morgan fingerprint density at radius 2 is 1.85 bits per heavy atom. The first-order valence-corrected chi connectivity index (χ1v) is 12.9. The average Bonchev–Trinajstić information content (AvgIpc) is 3.32. The molecule has 176 valence electrons. The summed E-state index contributed by atoms with van der Waals surface area (Å²) in [6.07, 6.45) is 9.01. The summed E-state index contributed by atoms with van der Waals surface area (Å²) in [6, 6.07) is 6.91. The van der Waals surface area contributed by atoms with Crippen LogP contribution >= 0.6 is 0 Å². The smallest absolute Gasteiger partial charge is 0.338 e. The van der Waals surface area contributed by atoms with Gasteiger partial charge in [0.25, 0.3) is 10.0 Å². The molecule has 2 aromatic rings. The van der Waals surface area contributed by atoms with E-state index in [4.69, 9.17) is 0 Å². The molecule has 6 nitrogen and oxygen atoms in total. The molecular formula is C25H29FN2O4S. The molecule has 1 atom stereocenters. The van der Waals surface area contributed by atoms with Crippen molar-refractivity contribution in [1.29, 1.82) is 0 Å². The maximum absolute atomic E-state index is 14.0. The molecule has 0 saturated carbocycles. The molecule has 0 bridgehead atoms. The Hall–Kier alpha value is -2.71. The van der Waals surface area contributed by atoms with Gasteiger partial charge in [-0.1, -0.05) is 18.2 Å². The molecule has 1 aliphatic heterocycles. The van der Waals surface area contributed by atoms with Gasteiger partial charge < -0.3 is 5.11 Å². The van der Waals surface area contributed by atoms with Crippen molar-refractivity contribution in [3.8, 4) is 0 Å². The highest BCUT2D eigenvalue weighted by atomic mass is 32.2. The number of nitrogens with zero attached hydrogens (tertiary/aromatic N) is 1. The number of halogens is 1. The van der Waals surface area contributed by atoms with E-state index in [1.807, 2.05) is 13.0 Å². The number of benzene rings is 2. The van der Waals surface area contributed by atoms with Crippen molar-refractivity contribution in [3.05, 3.63) is 64.5 Å². The number of likely N-dealkylation sites (tertiary alicyclic amines) is 1. The van der Waals surface area contributed by atoms with E-state index in [1.54, 1.807) is 12.1 Å². The molecule has 0 aromatic heterocycles. The minimum Gasteiger partial charge on any atom is -0.478 e. The van der Waals surface area contributed by atoms with Gasteiger partial charge in [0.05, 0.1) is 16.1 Å². The summed E-state index contributed by atoms with van der Waals surface area (Å²) in [5.74, 6) is -1.70. The summed E-state index contributed by atoms with van der Waals surface area (Å²) in [7, 11) is -4.16. The zero-order valence-electron chi connectivity index (χ0n) is 18.7. The number of carbonyl (C=O) groups is 1. The Bertz CT molecular complexity index is 1190. The van der Waals surface area contributed by atoms with Gasteiger partial charge >= 0.3 is 5.97 Å². The second-order valence-electron chi connectivity index (χ2n) is 8.77. The molecule has 0 radical (unpaired) electrons. The van der Waals surface area contributed by atoms with Crippen molar-refractivity contribution in [2.75, 3.05) is 17.8 Å². The van der Waals surface area contributed by atoms with Crippen molar-refractivity contribution in [3.63, 3.8) is 0 Å². The number of aryl methyl sites for hydroxylation is 1. The van der Waals surface area contributed by atoms with Crippen LogP contribution in [0, 0.1) is 5.82 Å². The largest absolute Gasteiger partial charge is 0.478 e. The van der Waals surface area contributed by atoms with Crippen LogP contribution in [-0.4, -0.2) is 43.5 Å². The van der Waals surface area contributed by atoms with E-state index in [9.17, 15) is 22.7 Å². The Balaban J connectivity index is 1.68. The lowest BCUT2D eigenvalue weighted by molar-refractivity contribution is 0.0696. The van der Waals surface area contributed by atoms with Gasteiger partial charge in [-0.05, 0) is 99.5 Å². The maximum Gasteiger partial charge on any atom is 0.338 e. The van der Waals surface area contributed by atoms with Crippen LogP contribution in [0.15, 0.2) is 41.3 Å². The van der Waals surface area contributed by atoms with Crippen LogP contribution in [0.2, 0.25) is 0 Å². The Labute approximate surface area is 194 Å². The van der Waals surface area contributed by atoms with Crippen molar-refractivity contribution >= 4 is 27.8 Å². The van der Waals surface area contributed by atoms with Gasteiger partial charge in [0.1, 0.15) is 5.82 Å². The lowest BCUT2D eigenvalue weighted by Gasteiger charge is -2.21. The van der Waals surface area contributed by atoms with E-state index >= 15 is 0 Å². The van der Waals surface area contributed by atoms with Crippen LogP contribution < -0.4 is 4.72 Å². The van der Waals surface area contributed by atoms with Gasteiger partial charge in [-0.15, -0.1) is 0 Å². The molecule has 4 rings (SSSR count). The molecule has 0 amide bonds. The second-order valence-corrected chi connectivity index (χ2v) is 10.4. The van der Waals surface area contributed by atoms with Crippen LogP contribution in [0.5, 0.6) is 0 Å². The molecule has 1 fully saturated rings. The number of nitrogens with one attached hydrogen (secondary N) is 1. The summed E-state index contributed by atoms with van der Waals surface area (Å²) in [5, 5.41) is 9.83. The first kappa shape index (κ1) is 23.4. The highest BCUT2D eigenvalue weighted by molar-refractivity contribution is 7.92. The molecular weight excluding hydrogens is 443 g/mol. The normalized spacial score (nSPS) is 17.8. The van der Waals surface area contributed by atoms with Gasteiger partial charge in [-0.3, -0.25) is 9.62 Å². The number of rotatable bonds is 7. The van der Waals surface area contributed by atoms with Crippen molar-refractivity contribution in [1.82, 2.24) is 4.90 Å². The average molecular weight is 473 g/mol. The second kappa shape index (κ2) is 9.65. The third-order valence-electron chi connectivity index (χ3n) is 6.52. The first-order chi connectivity index (χ1) is 15.8. The van der Waals surface area contributed by atoms with Crippen LogP contribution in [0.3, 0.4) is 0 Å². The fourth-order valence-corrected chi connectivity index (χ4v) is 6.02. The minimum absolute atomic E-state index is 0.00219. The molecule has 2 N–H and O–H groups in total. The molecule has 2 aliphatic rings. The van der Waals surface area contributed by atoms with E-state index in [0.717, 1.165) is 56.8 Å². The van der Waals surface area contributed by atoms with Crippen LogP contribution in [0.4, 0.5) is 10.1 Å². The number of aromatic carboxylic acids is 1. The van der Waals surface area contributed by atoms with Gasteiger partial charge in [0.15, 0.2) is 0 Å². The molecule has 1 heterocycles. The number of carboxylic acids is 1. The Morgan fingerprint density at radius 1 is 1.12 bits per heavy atom. The summed E-state index contributed by atoms with van der Waals surface area (Å²) in [4.78, 5) is 14.2. The van der Waals surface area contributed by atoms with E-state index in [-0.39, 0.29) is 27.8 Å². The fraction of sp³-hybridized carbons (Fsp3) is 0.400. The van der Waals surface area contributed by atoms with Gasteiger partial charge in [-0.2, -0.15) is 0 Å². The Kier molecular flexibility index (Phi) is 6.86. The lowest BCUT2D eigenvalue weighted by Crippen LogP contribution is -2.28. The monoisotopic (exact) mass is 472 g/mol. The van der Waals surface area contributed by atoms with E-state index < -0.39 is 21.8 Å². The zero-order chi connectivity index (χ0) is 23.6. The fourth-order valence-electron chi connectivity index (χ4n) is 4.76. The molecule has 8 heteroatoms. The number of hydrogen-bond donors (Lipinski definition) is 2. The molecule has 0 spiro atoms. The molecule has 1 unspecified atom stereocenters. The van der Waals surface area contributed by atoms with E-state index in [0.29, 0.717) is 12.0 Å².